The summed E-state index contributed by atoms with van der Waals surface area (Å²) in [5, 5.41) is 0. The molecule has 0 atom stereocenters. The third kappa shape index (κ3) is 3.23. The maximum absolute atomic E-state index is 10.3. The van der Waals surface area contributed by atoms with E-state index in [9.17, 15) is 4.79 Å². The largest absolute Gasteiger partial charge is 0.453 e. The van der Waals surface area contributed by atoms with Gasteiger partial charge in [0.1, 0.15) is 0 Å². The van der Waals surface area contributed by atoms with E-state index in [1.807, 2.05) is 0 Å². The summed E-state index contributed by atoms with van der Waals surface area (Å²) in [5.41, 5.74) is 0. The lowest BCUT2D eigenvalue weighted by Gasteiger charge is -1.93. The first-order valence-electron chi connectivity index (χ1n) is 2.40. The Balaban J connectivity index is 3.15. The van der Waals surface area contributed by atoms with Gasteiger partial charge < -0.3 is 4.74 Å². The van der Waals surface area contributed by atoms with Gasteiger partial charge in [-0.25, -0.2) is 0 Å². The second-order valence-corrected chi connectivity index (χ2v) is 1.22. The number of hydrogen-bond acceptors (Lipinski definition) is 2. The Kier molecular flexibility index (Phi) is 3.69. The predicted molar refractivity (Wildman–Crippen MR) is 30.1 cm³/mol. The molecule has 2 nitrogen and oxygen atoms in total. The molecular weight excluding hydrogens is 104 g/mol. The van der Waals surface area contributed by atoms with Gasteiger partial charge in [-0.3, -0.25) is 4.79 Å². The van der Waals surface area contributed by atoms with Gasteiger partial charge in [0.15, 0.2) is 6.61 Å². The molecule has 2 heteroatoms. The van der Waals surface area contributed by atoms with Crippen molar-refractivity contribution in [2.75, 3.05) is 6.61 Å². The zero-order chi connectivity index (χ0) is 6.41. The maximum atomic E-state index is 10.3. The lowest BCUT2D eigenvalue weighted by molar-refractivity contribution is -0.141. The number of carbonyl (C=O) groups excluding carboxylic acids is 1. The van der Waals surface area contributed by atoms with E-state index in [2.05, 4.69) is 10.7 Å². The van der Waals surface area contributed by atoms with Crippen molar-refractivity contribution >= 4 is 5.97 Å². The van der Waals surface area contributed by atoms with Gasteiger partial charge in [0.05, 0.1) is 0 Å². The van der Waals surface area contributed by atoms with E-state index in [-0.39, 0.29) is 12.6 Å². The normalized spacial score (nSPS) is 7.50. The van der Waals surface area contributed by atoms with Gasteiger partial charge in [-0.2, -0.15) is 0 Å². The van der Waals surface area contributed by atoms with Crippen LogP contribution < -0.4 is 0 Å². The molecule has 0 aromatic rings. The number of carbonyl (C=O) groups is 1. The predicted octanol–water partition coefficient (Wildman–Crippen LogP) is 0.573. The minimum absolute atomic E-state index is 0.0900. The van der Waals surface area contributed by atoms with Crippen molar-refractivity contribution in [2.24, 2.45) is 0 Å². The highest BCUT2D eigenvalue weighted by molar-refractivity contribution is 5.68. The molecule has 0 rings (SSSR count). The lowest BCUT2D eigenvalue weighted by atomic mass is 10.5. The van der Waals surface area contributed by atoms with E-state index < -0.39 is 0 Å². The van der Waals surface area contributed by atoms with E-state index in [1.165, 1.54) is 0 Å². The summed E-state index contributed by atoms with van der Waals surface area (Å²) in [6, 6.07) is 0. The SMILES string of the molecule is C#CCOC(=O)CC. The molecular formula is C6H8O2. The summed E-state index contributed by atoms with van der Waals surface area (Å²) in [6.07, 6.45) is 5.19. The molecule has 0 radical (unpaired) electrons. The third-order valence-electron chi connectivity index (χ3n) is 0.605. The van der Waals surface area contributed by atoms with Crippen LogP contribution in [0.5, 0.6) is 0 Å². The molecule has 0 saturated carbocycles. The molecule has 0 fully saturated rings. The van der Waals surface area contributed by atoms with Crippen molar-refractivity contribution in [1.82, 2.24) is 0 Å². The Bertz CT molecular complexity index is 110. The van der Waals surface area contributed by atoms with E-state index in [1.54, 1.807) is 6.92 Å². The molecule has 0 N–H and O–H groups in total. The molecule has 8 heavy (non-hydrogen) atoms. The lowest BCUT2D eigenvalue weighted by Crippen LogP contribution is -2.01. The number of esters is 1. The van der Waals surface area contributed by atoms with Gasteiger partial charge in [0.25, 0.3) is 0 Å². The van der Waals surface area contributed by atoms with Gasteiger partial charge >= 0.3 is 5.97 Å². The van der Waals surface area contributed by atoms with Gasteiger partial charge in [-0.1, -0.05) is 12.8 Å². The van der Waals surface area contributed by atoms with Gasteiger partial charge in [-0.05, 0) is 0 Å². The highest BCUT2D eigenvalue weighted by Gasteiger charge is 1.92. The van der Waals surface area contributed by atoms with Crippen molar-refractivity contribution < 1.29 is 9.53 Å². The number of ether oxygens (including phenoxy) is 1. The van der Waals surface area contributed by atoms with Crippen LogP contribution in [0.4, 0.5) is 0 Å². The van der Waals surface area contributed by atoms with E-state index in [0.717, 1.165) is 0 Å². The van der Waals surface area contributed by atoms with Crippen LogP contribution in [-0.2, 0) is 9.53 Å². The summed E-state index contributed by atoms with van der Waals surface area (Å²) in [4.78, 5) is 10.3. The van der Waals surface area contributed by atoms with Crippen LogP contribution >= 0.6 is 0 Å². The van der Waals surface area contributed by atoms with Crippen LogP contribution in [0.25, 0.3) is 0 Å². The first-order chi connectivity index (χ1) is 3.81. The fourth-order valence-electron chi connectivity index (χ4n) is 0.224. The highest BCUT2D eigenvalue weighted by Crippen LogP contribution is 1.80. The second kappa shape index (κ2) is 4.20. The molecule has 0 saturated heterocycles. The molecule has 0 aliphatic rings. The zero-order valence-electron chi connectivity index (χ0n) is 4.81. The molecule has 0 aromatic heterocycles. The average Bonchev–Trinajstić information content (AvgIpc) is 1.83. The van der Waals surface area contributed by atoms with Crippen LogP contribution in [0.15, 0.2) is 0 Å². The zero-order valence-corrected chi connectivity index (χ0v) is 4.81. The molecule has 0 aliphatic carbocycles. The molecule has 44 valence electrons. The van der Waals surface area contributed by atoms with Crippen molar-refractivity contribution in [3.63, 3.8) is 0 Å². The second-order valence-electron chi connectivity index (χ2n) is 1.22. The average molecular weight is 112 g/mol. The van der Waals surface area contributed by atoms with Crippen LogP contribution in [-0.4, -0.2) is 12.6 Å². The topological polar surface area (TPSA) is 26.3 Å². The van der Waals surface area contributed by atoms with Crippen LogP contribution in [0.3, 0.4) is 0 Å². The van der Waals surface area contributed by atoms with Crippen LogP contribution in [0, 0.1) is 12.3 Å². The third-order valence-corrected chi connectivity index (χ3v) is 0.605. The Hall–Kier alpha value is -0.970. The summed E-state index contributed by atoms with van der Waals surface area (Å²) in [5.74, 6) is 1.94. The minimum atomic E-state index is -0.247. The first-order valence-corrected chi connectivity index (χ1v) is 2.40. The van der Waals surface area contributed by atoms with E-state index in [4.69, 9.17) is 6.42 Å². The number of hydrogen-bond donors (Lipinski definition) is 0. The summed E-state index contributed by atoms with van der Waals surface area (Å²) in [6.45, 7) is 1.81. The van der Waals surface area contributed by atoms with Gasteiger partial charge in [-0.15, -0.1) is 6.42 Å². The Labute approximate surface area is 48.8 Å². The van der Waals surface area contributed by atoms with Crippen molar-refractivity contribution in [3.05, 3.63) is 0 Å². The van der Waals surface area contributed by atoms with Crippen molar-refractivity contribution in [1.29, 1.82) is 0 Å². The molecule has 0 aliphatic heterocycles. The standard InChI is InChI=1S/C6H8O2/c1-3-5-8-6(7)4-2/h1H,4-5H2,2H3. The number of rotatable bonds is 2. The summed E-state index contributed by atoms with van der Waals surface area (Å²) >= 11 is 0. The Morgan fingerprint density at radius 2 is 2.50 bits per heavy atom. The van der Waals surface area contributed by atoms with E-state index >= 15 is 0 Å². The molecule has 0 aromatic carbocycles. The number of terminal acetylenes is 1. The molecule has 0 bridgehead atoms. The fourth-order valence-corrected chi connectivity index (χ4v) is 0.224. The van der Waals surface area contributed by atoms with E-state index in [0.29, 0.717) is 6.42 Å². The van der Waals surface area contributed by atoms with Crippen LogP contribution in [0.1, 0.15) is 13.3 Å². The molecule has 0 amide bonds. The smallest absolute Gasteiger partial charge is 0.306 e. The minimum Gasteiger partial charge on any atom is -0.453 e. The molecule has 0 heterocycles. The molecule has 0 unspecified atom stereocenters. The fraction of sp³-hybridized carbons (Fsp3) is 0.500. The Morgan fingerprint density at radius 3 is 2.88 bits per heavy atom. The van der Waals surface area contributed by atoms with Crippen molar-refractivity contribution in [3.8, 4) is 12.3 Å². The first kappa shape index (κ1) is 7.03. The van der Waals surface area contributed by atoms with Gasteiger partial charge in [0.2, 0.25) is 0 Å². The monoisotopic (exact) mass is 112 g/mol. The quantitative estimate of drug-likeness (QED) is 0.385. The molecule has 0 spiro atoms. The maximum Gasteiger partial charge on any atom is 0.306 e. The van der Waals surface area contributed by atoms with Crippen LogP contribution in [0.2, 0.25) is 0 Å². The van der Waals surface area contributed by atoms with Crippen molar-refractivity contribution in [2.45, 2.75) is 13.3 Å². The van der Waals surface area contributed by atoms with Gasteiger partial charge in [0, 0.05) is 6.42 Å². The highest BCUT2D eigenvalue weighted by atomic mass is 16.5. The summed E-state index contributed by atoms with van der Waals surface area (Å²) < 4.78 is 4.47. The summed E-state index contributed by atoms with van der Waals surface area (Å²) in [7, 11) is 0. The Morgan fingerprint density at radius 1 is 1.88 bits per heavy atom.